The van der Waals surface area contributed by atoms with E-state index in [0.717, 1.165) is 50.8 Å². The molecular weight excluding hydrogens is 308 g/mol. The van der Waals surface area contributed by atoms with Crippen molar-refractivity contribution in [2.75, 3.05) is 42.6 Å². The number of aryl methyl sites for hydroxylation is 1. The van der Waals surface area contributed by atoms with Crippen LogP contribution in [0.2, 0.25) is 0 Å². The van der Waals surface area contributed by atoms with Crippen LogP contribution in [0, 0.1) is 6.92 Å². The van der Waals surface area contributed by atoms with E-state index >= 15 is 0 Å². The van der Waals surface area contributed by atoms with Crippen molar-refractivity contribution in [3.8, 4) is 0 Å². The molecule has 2 aromatic rings. The molecular formula is C17H22N4OS. The topological polar surface area (TPSA) is 41.5 Å². The zero-order chi connectivity index (χ0) is 15.7. The Morgan fingerprint density at radius 3 is 2.96 bits per heavy atom. The van der Waals surface area contributed by atoms with Crippen LogP contribution < -0.4 is 9.80 Å². The van der Waals surface area contributed by atoms with Gasteiger partial charge in [-0.05, 0) is 37.5 Å². The van der Waals surface area contributed by atoms with Crippen LogP contribution >= 0.6 is 11.3 Å². The number of nitrogens with zero attached hydrogens (tertiary/aromatic N) is 4. The molecule has 0 aliphatic carbocycles. The van der Waals surface area contributed by atoms with Gasteiger partial charge in [0.1, 0.15) is 11.1 Å². The van der Waals surface area contributed by atoms with Crippen LogP contribution in [0.15, 0.2) is 29.8 Å². The molecule has 0 bridgehead atoms. The monoisotopic (exact) mass is 330 g/mol. The average Bonchev–Trinajstić information content (AvgIpc) is 3.10. The van der Waals surface area contributed by atoms with Gasteiger partial charge >= 0.3 is 0 Å². The van der Waals surface area contributed by atoms with Crippen LogP contribution in [-0.2, 0) is 4.74 Å². The lowest BCUT2D eigenvalue weighted by molar-refractivity contribution is -0.0629. The van der Waals surface area contributed by atoms with Gasteiger partial charge in [0.05, 0.1) is 13.2 Å². The summed E-state index contributed by atoms with van der Waals surface area (Å²) in [6.45, 7) is 6.78. The fraction of sp³-hybridized carbons (Fsp3) is 0.529. The lowest BCUT2D eigenvalue weighted by atomic mass is 9.90. The molecule has 2 saturated heterocycles. The first-order valence-corrected chi connectivity index (χ1v) is 9.09. The predicted octanol–water partition coefficient (Wildman–Crippen LogP) is 2.72. The van der Waals surface area contributed by atoms with Crippen molar-refractivity contribution in [1.29, 1.82) is 0 Å². The molecule has 0 amide bonds. The minimum absolute atomic E-state index is 0.0914. The molecule has 5 nitrogen and oxygen atoms in total. The molecule has 2 fully saturated rings. The Labute approximate surface area is 140 Å². The number of anilines is 2. The number of ether oxygens (including phenoxy) is 1. The maximum absolute atomic E-state index is 6.29. The van der Waals surface area contributed by atoms with Gasteiger partial charge in [0.15, 0.2) is 0 Å². The van der Waals surface area contributed by atoms with E-state index in [2.05, 4.69) is 51.2 Å². The van der Waals surface area contributed by atoms with E-state index in [1.165, 1.54) is 11.3 Å². The second kappa shape index (κ2) is 6.09. The number of piperidine rings is 1. The minimum atomic E-state index is -0.0914. The van der Waals surface area contributed by atoms with Crippen molar-refractivity contribution in [3.63, 3.8) is 0 Å². The molecule has 0 saturated carbocycles. The van der Waals surface area contributed by atoms with Crippen LogP contribution in [0.25, 0.3) is 0 Å². The van der Waals surface area contributed by atoms with E-state index in [1.54, 1.807) is 16.8 Å². The van der Waals surface area contributed by atoms with Gasteiger partial charge < -0.3 is 14.5 Å². The third kappa shape index (κ3) is 3.05. The highest BCUT2D eigenvalue weighted by atomic mass is 32.1. The van der Waals surface area contributed by atoms with Gasteiger partial charge in [-0.3, -0.25) is 0 Å². The molecule has 2 aliphatic rings. The second-order valence-corrected chi connectivity index (χ2v) is 7.35. The van der Waals surface area contributed by atoms with Crippen LogP contribution in [-0.4, -0.2) is 48.6 Å². The summed E-state index contributed by atoms with van der Waals surface area (Å²) in [5.74, 6) is 0. The molecule has 23 heavy (non-hydrogen) atoms. The summed E-state index contributed by atoms with van der Waals surface area (Å²) in [5, 5.41) is 9.22. The van der Waals surface area contributed by atoms with Gasteiger partial charge in [-0.2, -0.15) is 0 Å². The van der Waals surface area contributed by atoms with Gasteiger partial charge in [-0.25, -0.2) is 0 Å². The Hall–Kier alpha value is -1.66. The van der Waals surface area contributed by atoms with E-state index in [-0.39, 0.29) is 5.60 Å². The van der Waals surface area contributed by atoms with E-state index in [9.17, 15) is 0 Å². The zero-order valence-corrected chi connectivity index (χ0v) is 14.3. The van der Waals surface area contributed by atoms with E-state index in [1.807, 2.05) is 0 Å². The summed E-state index contributed by atoms with van der Waals surface area (Å²) < 4.78 is 6.29. The molecule has 1 unspecified atom stereocenters. The van der Waals surface area contributed by atoms with Gasteiger partial charge in [-0.15, -0.1) is 10.2 Å². The highest BCUT2D eigenvalue weighted by molar-refractivity contribution is 7.13. The molecule has 6 heteroatoms. The van der Waals surface area contributed by atoms with Crippen molar-refractivity contribution in [2.24, 2.45) is 0 Å². The van der Waals surface area contributed by atoms with E-state index < -0.39 is 0 Å². The highest BCUT2D eigenvalue weighted by Crippen LogP contribution is 2.33. The van der Waals surface area contributed by atoms with Crippen molar-refractivity contribution < 1.29 is 4.74 Å². The normalized spacial score (nSPS) is 25.1. The Morgan fingerprint density at radius 2 is 2.13 bits per heavy atom. The molecule has 3 heterocycles. The smallest absolute Gasteiger partial charge is 0.208 e. The molecule has 0 radical (unpaired) electrons. The summed E-state index contributed by atoms with van der Waals surface area (Å²) in [4.78, 5) is 4.81. The minimum Gasteiger partial charge on any atom is -0.369 e. The van der Waals surface area contributed by atoms with Gasteiger partial charge in [0.2, 0.25) is 5.13 Å². The third-order valence-corrected chi connectivity index (χ3v) is 5.52. The Bertz CT molecular complexity index is 658. The number of hydrogen-bond acceptors (Lipinski definition) is 6. The Morgan fingerprint density at radius 1 is 1.22 bits per heavy atom. The van der Waals surface area contributed by atoms with Crippen molar-refractivity contribution in [1.82, 2.24) is 10.2 Å². The largest absolute Gasteiger partial charge is 0.369 e. The third-order valence-electron chi connectivity index (χ3n) is 4.77. The van der Waals surface area contributed by atoms with Gasteiger partial charge in [0.25, 0.3) is 0 Å². The second-order valence-electron chi connectivity index (χ2n) is 6.54. The quantitative estimate of drug-likeness (QED) is 0.847. The molecule has 1 aromatic heterocycles. The summed E-state index contributed by atoms with van der Waals surface area (Å²) in [6.07, 6.45) is 2.28. The van der Waals surface area contributed by atoms with Crippen LogP contribution in [0.5, 0.6) is 0 Å². The molecule has 4 rings (SSSR count). The first kappa shape index (κ1) is 14.9. The van der Waals surface area contributed by atoms with E-state index in [4.69, 9.17) is 4.74 Å². The molecule has 1 spiro atoms. The summed E-state index contributed by atoms with van der Waals surface area (Å²) in [5.41, 5.74) is 4.33. The van der Waals surface area contributed by atoms with Crippen LogP contribution in [0.4, 0.5) is 10.8 Å². The fourth-order valence-corrected chi connectivity index (χ4v) is 4.29. The first-order chi connectivity index (χ1) is 11.2. The number of hydrogen-bond donors (Lipinski definition) is 0. The zero-order valence-electron chi connectivity index (χ0n) is 13.4. The lowest BCUT2D eigenvalue weighted by Crippen LogP contribution is -2.60. The van der Waals surface area contributed by atoms with Crippen molar-refractivity contribution in [3.05, 3.63) is 35.3 Å². The lowest BCUT2D eigenvalue weighted by Gasteiger charge is -2.48. The van der Waals surface area contributed by atoms with Crippen molar-refractivity contribution in [2.45, 2.75) is 25.4 Å². The Kier molecular flexibility index (Phi) is 3.95. The van der Waals surface area contributed by atoms with Gasteiger partial charge in [-0.1, -0.05) is 23.5 Å². The molecule has 0 N–H and O–H groups in total. The predicted molar refractivity (Wildman–Crippen MR) is 93.4 cm³/mol. The van der Waals surface area contributed by atoms with Crippen molar-refractivity contribution >= 4 is 22.2 Å². The van der Waals surface area contributed by atoms with Crippen LogP contribution in [0.3, 0.4) is 0 Å². The molecule has 1 atom stereocenters. The standard InChI is InChI=1S/C17H22N4OS/c1-14-4-2-5-15(10-14)20-7-3-6-17(11-20)12-21(8-9-22-17)16-19-18-13-23-16/h2,4-5,10,13H,3,6-9,11-12H2,1H3. The number of benzene rings is 1. The maximum atomic E-state index is 6.29. The summed E-state index contributed by atoms with van der Waals surface area (Å²) in [7, 11) is 0. The molecule has 1 aromatic carbocycles. The summed E-state index contributed by atoms with van der Waals surface area (Å²) in [6, 6.07) is 8.76. The number of morpholine rings is 1. The average molecular weight is 330 g/mol. The number of aromatic nitrogens is 2. The Balaban J connectivity index is 1.53. The fourth-order valence-electron chi connectivity index (χ4n) is 3.70. The first-order valence-electron chi connectivity index (χ1n) is 8.21. The van der Waals surface area contributed by atoms with E-state index in [0.29, 0.717) is 0 Å². The van der Waals surface area contributed by atoms with Gasteiger partial charge in [0, 0.05) is 25.3 Å². The summed E-state index contributed by atoms with van der Waals surface area (Å²) >= 11 is 1.61. The molecule has 122 valence electrons. The molecule has 2 aliphatic heterocycles. The number of rotatable bonds is 2. The highest BCUT2D eigenvalue weighted by Gasteiger charge is 2.41. The SMILES string of the molecule is Cc1cccc(N2CCCC3(C2)CN(c2nncs2)CCO3)c1. The maximum Gasteiger partial charge on any atom is 0.208 e. The van der Waals surface area contributed by atoms with Crippen LogP contribution in [0.1, 0.15) is 18.4 Å².